The lowest BCUT2D eigenvalue weighted by molar-refractivity contribution is -0.915. The molecular weight excluding hydrogens is 400 g/mol. The average Bonchev–Trinajstić information content (AvgIpc) is 3.33. The molecule has 0 spiro atoms. The second kappa shape index (κ2) is 7.03. The third-order valence-electron chi connectivity index (χ3n) is 6.92. The number of fused-ring (bicyclic) bond motifs is 3. The number of ketones is 1. The number of halogens is 1. The minimum absolute atomic E-state index is 0.0311. The topological polar surface area (TPSA) is 58.9 Å². The zero-order valence-corrected chi connectivity index (χ0v) is 17.8. The van der Waals surface area contributed by atoms with E-state index in [4.69, 9.17) is 11.6 Å². The SMILES string of the molecule is Cc1cc(C)cc(N2C(=O)[C@@H]3[C@@H](C2=O)[C@@H](C(=O)c2ccc(Cl)cc2)[NH+]2CCC[C@H]32)c1. The molecule has 0 radical (unpaired) electrons. The second-order valence-corrected chi connectivity index (χ2v) is 9.27. The standard InChI is InChI=1S/C24H23ClN2O3/c1-13-10-14(2)12-17(11-13)27-23(29)19-18-4-3-9-26(18)21(20(19)24(27)30)22(28)15-5-7-16(25)8-6-15/h5-8,10-12,18-21H,3-4,9H2,1-2H3/p+1/t18-,19+,20-,21+/m1/s1. The summed E-state index contributed by atoms with van der Waals surface area (Å²) < 4.78 is 0. The number of Topliss-reactive ketones (excluding diaryl/α,β-unsaturated/α-hetero) is 1. The van der Waals surface area contributed by atoms with E-state index in [-0.39, 0.29) is 23.6 Å². The van der Waals surface area contributed by atoms with Crippen molar-refractivity contribution >= 4 is 34.9 Å². The van der Waals surface area contributed by atoms with Crippen LogP contribution in [0.4, 0.5) is 5.69 Å². The Balaban J connectivity index is 1.56. The molecule has 2 aromatic carbocycles. The molecule has 0 saturated carbocycles. The van der Waals surface area contributed by atoms with Crippen molar-refractivity contribution in [1.82, 2.24) is 0 Å². The van der Waals surface area contributed by atoms with E-state index in [1.54, 1.807) is 24.3 Å². The van der Waals surface area contributed by atoms with E-state index < -0.39 is 17.9 Å². The Labute approximate surface area is 180 Å². The third kappa shape index (κ3) is 2.83. The van der Waals surface area contributed by atoms with E-state index in [0.717, 1.165) is 35.4 Å². The van der Waals surface area contributed by atoms with E-state index in [1.165, 1.54) is 4.90 Å². The van der Waals surface area contributed by atoms with Crippen LogP contribution < -0.4 is 9.80 Å². The zero-order chi connectivity index (χ0) is 21.2. The summed E-state index contributed by atoms with van der Waals surface area (Å²) in [6, 6.07) is 12.1. The first-order valence-corrected chi connectivity index (χ1v) is 10.9. The van der Waals surface area contributed by atoms with Crippen molar-refractivity contribution in [3.05, 3.63) is 64.2 Å². The lowest BCUT2D eigenvalue weighted by Gasteiger charge is -2.25. The molecular formula is C24H24ClN2O3+. The van der Waals surface area contributed by atoms with Crippen molar-refractivity contribution in [2.75, 3.05) is 11.4 Å². The van der Waals surface area contributed by atoms with Gasteiger partial charge < -0.3 is 4.90 Å². The van der Waals surface area contributed by atoms with Crippen LogP contribution in [0.5, 0.6) is 0 Å². The van der Waals surface area contributed by atoms with Gasteiger partial charge in [0.2, 0.25) is 17.6 Å². The Kier molecular flexibility index (Phi) is 4.56. The van der Waals surface area contributed by atoms with Gasteiger partial charge in [0, 0.05) is 23.4 Å². The molecule has 154 valence electrons. The molecule has 3 saturated heterocycles. The Hall–Kier alpha value is -2.50. The molecule has 0 bridgehead atoms. The minimum Gasteiger partial charge on any atom is -0.322 e. The number of rotatable bonds is 3. The van der Waals surface area contributed by atoms with E-state index in [2.05, 4.69) is 0 Å². The summed E-state index contributed by atoms with van der Waals surface area (Å²) in [5.74, 6) is -1.46. The zero-order valence-electron chi connectivity index (χ0n) is 17.0. The Morgan fingerprint density at radius 1 is 1.00 bits per heavy atom. The first-order chi connectivity index (χ1) is 14.4. The van der Waals surface area contributed by atoms with Crippen LogP contribution in [0.25, 0.3) is 0 Å². The highest BCUT2D eigenvalue weighted by molar-refractivity contribution is 6.30. The molecule has 0 aliphatic carbocycles. The molecule has 3 heterocycles. The number of hydrogen-bond donors (Lipinski definition) is 1. The van der Waals surface area contributed by atoms with Crippen LogP contribution in [0.3, 0.4) is 0 Å². The first-order valence-electron chi connectivity index (χ1n) is 10.5. The van der Waals surface area contributed by atoms with Crippen molar-refractivity contribution in [3.63, 3.8) is 0 Å². The smallest absolute Gasteiger partial charge is 0.244 e. The number of carbonyl (C=O) groups is 3. The molecule has 2 amide bonds. The van der Waals surface area contributed by atoms with Crippen LogP contribution in [0.1, 0.15) is 34.3 Å². The van der Waals surface area contributed by atoms with Crippen LogP contribution >= 0.6 is 11.6 Å². The highest BCUT2D eigenvalue weighted by atomic mass is 35.5. The quantitative estimate of drug-likeness (QED) is 0.609. The molecule has 1 unspecified atom stereocenters. The number of amides is 2. The van der Waals surface area contributed by atoms with E-state index in [1.807, 2.05) is 32.0 Å². The number of nitrogens with zero attached hydrogens (tertiary/aromatic N) is 1. The fraction of sp³-hybridized carbons (Fsp3) is 0.375. The van der Waals surface area contributed by atoms with Crippen molar-refractivity contribution in [3.8, 4) is 0 Å². The van der Waals surface area contributed by atoms with E-state index in [9.17, 15) is 14.4 Å². The summed E-state index contributed by atoms with van der Waals surface area (Å²) in [6.07, 6.45) is 1.85. The molecule has 6 heteroatoms. The van der Waals surface area contributed by atoms with Gasteiger partial charge in [0.1, 0.15) is 17.9 Å². The highest BCUT2D eigenvalue weighted by Gasteiger charge is 2.68. The Morgan fingerprint density at radius 2 is 1.63 bits per heavy atom. The van der Waals surface area contributed by atoms with Gasteiger partial charge in [0.25, 0.3) is 0 Å². The van der Waals surface area contributed by atoms with Crippen LogP contribution in [0.2, 0.25) is 5.02 Å². The molecule has 30 heavy (non-hydrogen) atoms. The highest BCUT2D eigenvalue weighted by Crippen LogP contribution is 2.40. The molecule has 5 nitrogen and oxygen atoms in total. The maximum absolute atomic E-state index is 13.6. The van der Waals surface area contributed by atoms with Gasteiger partial charge in [0.15, 0.2) is 6.04 Å². The summed E-state index contributed by atoms with van der Waals surface area (Å²) >= 11 is 5.99. The van der Waals surface area contributed by atoms with Crippen molar-refractivity contribution in [2.24, 2.45) is 11.8 Å². The molecule has 1 N–H and O–H groups in total. The normalized spacial score (nSPS) is 30.0. The van der Waals surface area contributed by atoms with Crippen LogP contribution in [-0.2, 0) is 9.59 Å². The summed E-state index contributed by atoms with van der Waals surface area (Å²) in [5, 5.41) is 0.565. The van der Waals surface area contributed by atoms with E-state index >= 15 is 0 Å². The molecule has 5 atom stereocenters. The molecule has 5 rings (SSSR count). The van der Waals surface area contributed by atoms with Gasteiger partial charge >= 0.3 is 0 Å². The summed E-state index contributed by atoms with van der Waals surface area (Å²) in [7, 11) is 0. The van der Waals surface area contributed by atoms with Crippen molar-refractivity contribution < 1.29 is 19.3 Å². The number of quaternary nitrogens is 1. The second-order valence-electron chi connectivity index (χ2n) is 8.83. The van der Waals surface area contributed by atoms with Gasteiger partial charge in [-0.3, -0.25) is 14.4 Å². The maximum atomic E-state index is 13.6. The number of carbonyl (C=O) groups excluding carboxylic acids is 3. The molecule has 3 aliphatic heterocycles. The number of anilines is 1. The molecule has 0 aromatic heterocycles. The van der Waals surface area contributed by atoms with Crippen molar-refractivity contribution in [2.45, 2.75) is 38.8 Å². The number of hydrogen-bond acceptors (Lipinski definition) is 3. The van der Waals surface area contributed by atoms with Crippen LogP contribution in [0.15, 0.2) is 42.5 Å². The number of aryl methyl sites for hydroxylation is 2. The lowest BCUT2D eigenvalue weighted by Crippen LogP contribution is -3.16. The lowest BCUT2D eigenvalue weighted by atomic mass is 9.85. The number of imide groups is 1. The molecule has 2 aromatic rings. The Morgan fingerprint density at radius 3 is 2.30 bits per heavy atom. The fourth-order valence-electron chi connectivity index (χ4n) is 5.87. The fourth-order valence-corrected chi connectivity index (χ4v) is 6.00. The van der Waals surface area contributed by atoms with Gasteiger partial charge in [0.05, 0.1) is 12.2 Å². The van der Waals surface area contributed by atoms with Crippen LogP contribution in [0, 0.1) is 25.7 Å². The summed E-state index contributed by atoms with van der Waals surface area (Å²) in [4.78, 5) is 43.0. The first kappa shape index (κ1) is 19.5. The Bertz CT molecular complexity index is 1040. The monoisotopic (exact) mass is 423 g/mol. The third-order valence-corrected chi connectivity index (χ3v) is 7.17. The minimum atomic E-state index is -0.596. The number of nitrogens with one attached hydrogen (secondary N) is 1. The van der Waals surface area contributed by atoms with Gasteiger partial charge in [-0.2, -0.15) is 0 Å². The van der Waals surface area contributed by atoms with Gasteiger partial charge in [-0.25, -0.2) is 4.90 Å². The predicted octanol–water partition coefficient (Wildman–Crippen LogP) is 2.37. The summed E-state index contributed by atoms with van der Waals surface area (Å²) in [5.41, 5.74) is 3.18. The predicted molar refractivity (Wildman–Crippen MR) is 114 cm³/mol. The van der Waals surface area contributed by atoms with Gasteiger partial charge in [-0.05, 0) is 61.4 Å². The molecule has 3 fully saturated rings. The van der Waals surface area contributed by atoms with Crippen molar-refractivity contribution in [1.29, 1.82) is 0 Å². The average molecular weight is 424 g/mol. The molecule has 3 aliphatic rings. The van der Waals surface area contributed by atoms with Crippen LogP contribution in [-0.4, -0.2) is 36.2 Å². The maximum Gasteiger partial charge on any atom is 0.244 e. The number of benzene rings is 2. The van der Waals surface area contributed by atoms with Gasteiger partial charge in [-0.15, -0.1) is 0 Å². The van der Waals surface area contributed by atoms with E-state index in [0.29, 0.717) is 16.3 Å². The largest absolute Gasteiger partial charge is 0.322 e. The van der Waals surface area contributed by atoms with Gasteiger partial charge in [-0.1, -0.05) is 17.7 Å². The summed E-state index contributed by atoms with van der Waals surface area (Å²) in [6.45, 7) is 4.74.